The van der Waals surface area contributed by atoms with Gasteiger partial charge in [-0.15, -0.1) is 0 Å². The van der Waals surface area contributed by atoms with Crippen LogP contribution in [-0.4, -0.2) is 45.4 Å². The van der Waals surface area contributed by atoms with Crippen molar-refractivity contribution in [2.45, 2.75) is 13.8 Å². The highest BCUT2D eigenvalue weighted by Crippen LogP contribution is 2.28. The van der Waals surface area contributed by atoms with Crippen molar-refractivity contribution in [3.05, 3.63) is 59.6 Å². The Hall–Kier alpha value is -4.01. The molecule has 30 heavy (non-hydrogen) atoms. The second kappa shape index (κ2) is 7.78. The first-order valence-corrected chi connectivity index (χ1v) is 9.21. The number of aromatic nitrogens is 3. The Kier molecular flexibility index (Phi) is 5.01. The number of nitrogens with zero attached hydrogens (tertiary/aromatic N) is 4. The molecule has 0 aromatic carbocycles. The molecule has 4 aromatic heterocycles. The number of fused-ring (bicyclic) bond motifs is 1. The van der Waals surface area contributed by atoms with E-state index in [2.05, 4.69) is 20.4 Å². The first kappa shape index (κ1) is 19.3. The normalized spacial score (nSPS) is 10.9. The van der Waals surface area contributed by atoms with Crippen molar-refractivity contribution in [2.24, 2.45) is 0 Å². The molecule has 9 heteroatoms. The summed E-state index contributed by atoms with van der Waals surface area (Å²) < 4.78 is 10.7. The van der Waals surface area contributed by atoms with Gasteiger partial charge in [0.1, 0.15) is 11.5 Å². The number of amides is 2. The van der Waals surface area contributed by atoms with Gasteiger partial charge in [0.25, 0.3) is 11.6 Å². The van der Waals surface area contributed by atoms with Crippen molar-refractivity contribution < 1.29 is 18.5 Å². The molecule has 1 N–H and O–H groups in total. The Morgan fingerprint density at radius 2 is 2.03 bits per heavy atom. The summed E-state index contributed by atoms with van der Waals surface area (Å²) in [7, 11) is 1.55. The summed E-state index contributed by atoms with van der Waals surface area (Å²) >= 11 is 0. The van der Waals surface area contributed by atoms with Gasteiger partial charge < -0.3 is 19.2 Å². The molecule has 0 aliphatic heterocycles. The number of hydrogen-bond donors (Lipinski definition) is 1. The zero-order valence-corrected chi connectivity index (χ0v) is 16.7. The van der Waals surface area contributed by atoms with Gasteiger partial charge >= 0.3 is 0 Å². The minimum absolute atomic E-state index is 0.154. The van der Waals surface area contributed by atoms with Gasteiger partial charge in [0.2, 0.25) is 5.91 Å². The fraction of sp³-hybridized carbons (Fsp3) is 0.190. The Labute approximate surface area is 171 Å². The topological polar surface area (TPSA) is 114 Å². The summed E-state index contributed by atoms with van der Waals surface area (Å²) in [5, 5.41) is 7.12. The third kappa shape index (κ3) is 3.77. The van der Waals surface area contributed by atoms with Crippen molar-refractivity contribution in [3.8, 4) is 11.5 Å². The molecule has 4 aromatic rings. The molecule has 152 valence electrons. The maximum atomic E-state index is 13.2. The zero-order valence-electron chi connectivity index (χ0n) is 16.7. The van der Waals surface area contributed by atoms with Crippen LogP contribution in [0.15, 0.2) is 51.7 Å². The molecular weight excluding hydrogens is 386 g/mol. The molecule has 9 nitrogen and oxygen atoms in total. The lowest BCUT2D eigenvalue weighted by molar-refractivity contribution is -0.116. The van der Waals surface area contributed by atoms with Gasteiger partial charge in [-0.3, -0.25) is 9.59 Å². The van der Waals surface area contributed by atoms with Crippen molar-refractivity contribution in [1.29, 1.82) is 0 Å². The fourth-order valence-corrected chi connectivity index (χ4v) is 3.09. The molecule has 4 rings (SSSR count). The number of carbonyl (C=O) groups is 2. The van der Waals surface area contributed by atoms with Gasteiger partial charge in [-0.1, -0.05) is 5.16 Å². The van der Waals surface area contributed by atoms with Crippen molar-refractivity contribution in [3.63, 3.8) is 0 Å². The van der Waals surface area contributed by atoms with E-state index in [-0.39, 0.29) is 24.1 Å². The van der Waals surface area contributed by atoms with E-state index in [4.69, 9.17) is 8.94 Å². The highest BCUT2D eigenvalue weighted by molar-refractivity contribution is 6.08. The number of nitrogens with one attached hydrogen (secondary N) is 1. The molecule has 0 radical (unpaired) electrons. The molecule has 0 fully saturated rings. The Morgan fingerprint density at radius 1 is 1.20 bits per heavy atom. The molecule has 0 saturated heterocycles. The van der Waals surface area contributed by atoms with Gasteiger partial charge in [-0.25, -0.2) is 9.97 Å². The first-order chi connectivity index (χ1) is 14.4. The molecule has 0 unspecified atom stereocenters. The second-order valence-electron chi connectivity index (χ2n) is 6.91. The maximum Gasteiger partial charge on any atom is 0.259 e. The number of pyridine rings is 2. The highest BCUT2D eigenvalue weighted by Gasteiger charge is 2.23. The number of aryl methyl sites for hydroxylation is 2. The average molecular weight is 405 g/mol. The van der Waals surface area contributed by atoms with Gasteiger partial charge in [0.05, 0.1) is 29.5 Å². The van der Waals surface area contributed by atoms with Crippen LogP contribution in [0.4, 0.5) is 5.82 Å². The molecule has 0 saturated carbocycles. The minimum atomic E-state index is -0.367. The zero-order chi connectivity index (χ0) is 21.3. The van der Waals surface area contributed by atoms with Crippen LogP contribution in [-0.2, 0) is 4.79 Å². The van der Waals surface area contributed by atoms with Crippen LogP contribution in [0.1, 0.15) is 21.6 Å². The third-order valence-electron chi connectivity index (χ3n) is 4.53. The van der Waals surface area contributed by atoms with E-state index in [1.54, 1.807) is 44.4 Å². The quantitative estimate of drug-likeness (QED) is 0.542. The van der Waals surface area contributed by atoms with Crippen LogP contribution < -0.4 is 5.32 Å². The Balaban J connectivity index is 1.60. The van der Waals surface area contributed by atoms with E-state index < -0.39 is 0 Å². The SMILES string of the molecule is Cc1ccnc(NC(=O)CN(C)C(=O)c2cc(-c3ccco3)nc3onc(C)c23)c1. The van der Waals surface area contributed by atoms with E-state index in [1.165, 1.54) is 11.2 Å². The molecule has 0 bridgehead atoms. The van der Waals surface area contributed by atoms with E-state index in [0.29, 0.717) is 33.9 Å². The number of rotatable bonds is 5. The summed E-state index contributed by atoms with van der Waals surface area (Å²) in [5.41, 5.74) is 2.50. The molecule has 2 amide bonds. The second-order valence-corrected chi connectivity index (χ2v) is 6.91. The van der Waals surface area contributed by atoms with Gasteiger partial charge in [0, 0.05) is 13.2 Å². The number of hydrogen-bond acceptors (Lipinski definition) is 7. The average Bonchev–Trinajstić information content (AvgIpc) is 3.37. The smallest absolute Gasteiger partial charge is 0.259 e. The van der Waals surface area contributed by atoms with Gasteiger partial charge in [-0.05, 0) is 49.7 Å². The van der Waals surface area contributed by atoms with Crippen molar-refractivity contribution in [1.82, 2.24) is 20.0 Å². The standard InChI is InChI=1S/C21H19N5O4/c1-12-6-7-22-17(9-12)24-18(27)11-26(3)21(28)14-10-15(16-5-4-8-29-16)23-20-19(14)13(2)25-30-20/h4-10H,11H2,1-3H3,(H,22,24,27). The first-order valence-electron chi connectivity index (χ1n) is 9.21. The van der Waals surface area contributed by atoms with Crippen LogP contribution in [0, 0.1) is 13.8 Å². The van der Waals surface area contributed by atoms with Gasteiger partial charge in [-0.2, -0.15) is 0 Å². The van der Waals surface area contributed by atoms with Crippen molar-refractivity contribution >= 4 is 28.7 Å². The van der Waals surface area contributed by atoms with Gasteiger partial charge in [0.15, 0.2) is 5.76 Å². The maximum absolute atomic E-state index is 13.2. The molecular formula is C21H19N5O4. The third-order valence-corrected chi connectivity index (χ3v) is 4.53. The minimum Gasteiger partial charge on any atom is -0.463 e. The molecule has 0 aliphatic carbocycles. The Bertz CT molecular complexity index is 1230. The number of anilines is 1. The predicted octanol–water partition coefficient (Wildman–Crippen LogP) is 3.21. The fourth-order valence-electron chi connectivity index (χ4n) is 3.09. The summed E-state index contributed by atoms with van der Waals surface area (Å²) in [4.78, 5) is 35.4. The summed E-state index contributed by atoms with van der Waals surface area (Å²) in [6, 6.07) is 8.66. The van der Waals surface area contributed by atoms with Crippen LogP contribution >= 0.6 is 0 Å². The lowest BCUT2D eigenvalue weighted by Crippen LogP contribution is -2.35. The Morgan fingerprint density at radius 3 is 2.77 bits per heavy atom. The lowest BCUT2D eigenvalue weighted by atomic mass is 10.1. The monoisotopic (exact) mass is 405 g/mol. The van der Waals surface area contributed by atoms with E-state index >= 15 is 0 Å². The van der Waals surface area contributed by atoms with Crippen LogP contribution in [0.3, 0.4) is 0 Å². The summed E-state index contributed by atoms with van der Waals surface area (Å²) in [6.07, 6.45) is 3.13. The molecule has 0 atom stereocenters. The number of likely N-dealkylation sites (N-methyl/N-ethyl adjacent to an activating group) is 1. The van der Waals surface area contributed by atoms with Crippen LogP contribution in [0.2, 0.25) is 0 Å². The van der Waals surface area contributed by atoms with Crippen molar-refractivity contribution in [2.75, 3.05) is 18.9 Å². The number of furan rings is 1. The largest absolute Gasteiger partial charge is 0.463 e. The van der Waals surface area contributed by atoms with E-state index in [1.807, 2.05) is 13.0 Å². The highest BCUT2D eigenvalue weighted by atomic mass is 16.5. The molecule has 0 spiro atoms. The molecule has 0 aliphatic rings. The van der Waals surface area contributed by atoms with Crippen LogP contribution in [0.5, 0.6) is 0 Å². The predicted molar refractivity (Wildman–Crippen MR) is 109 cm³/mol. The van der Waals surface area contributed by atoms with E-state index in [0.717, 1.165) is 5.56 Å². The molecule has 4 heterocycles. The van der Waals surface area contributed by atoms with Crippen LogP contribution in [0.25, 0.3) is 22.6 Å². The number of carbonyl (C=O) groups excluding carboxylic acids is 2. The van der Waals surface area contributed by atoms with E-state index in [9.17, 15) is 9.59 Å². The lowest BCUT2D eigenvalue weighted by Gasteiger charge is -2.17. The summed E-state index contributed by atoms with van der Waals surface area (Å²) in [5.74, 6) is 0.199. The summed E-state index contributed by atoms with van der Waals surface area (Å²) in [6.45, 7) is 3.48.